The van der Waals surface area contributed by atoms with Crippen LogP contribution >= 0.6 is 23.2 Å². The molecule has 2 aromatic carbocycles. The number of hydrazone groups is 1. The minimum absolute atomic E-state index is 0.191. The van der Waals surface area contributed by atoms with E-state index in [-0.39, 0.29) is 15.7 Å². The first-order valence-corrected chi connectivity index (χ1v) is 13.0. The smallest absolute Gasteiger partial charge is 0.260 e. The summed E-state index contributed by atoms with van der Waals surface area (Å²) in [7, 11) is -3.77. The number of benzene rings is 2. The quantitative estimate of drug-likeness (QED) is 0.353. The van der Waals surface area contributed by atoms with Gasteiger partial charge in [-0.1, -0.05) is 40.9 Å². The third-order valence-electron chi connectivity index (χ3n) is 5.28. The predicted molar refractivity (Wildman–Crippen MR) is 139 cm³/mol. The van der Waals surface area contributed by atoms with E-state index in [9.17, 15) is 13.2 Å². The molecule has 0 saturated carbocycles. The highest BCUT2D eigenvalue weighted by atomic mass is 35.5. The molecule has 0 aliphatic carbocycles. The summed E-state index contributed by atoms with van der Waals surface area (Å²) in [5, 5.41) is 4.56. The number of hydrogen-bond acceptors (Lipinski definition) is 4. The zero-order valence-electron chi connectivity index (χ0n) is 19.6. The van der Waals surface area contributed by atoms with Crippen LogP contribution in [0.25, 0.3) is 5.69 Å². The molecule has 7 nitrogen and oxygen atoms in total. The van der Waals surface area contributed by atoms with Crippen LogP contribution in [0.5, 0.6) is 0 Å². The summed E-state index contributed by atoms with van der Waals surface area (Å²) >= 11 is 12.0. The van der Waals surface area contributed by atoms with Crippen LogP contribution in [0.4, 0.5) is 5.69 Å². The highest BCUT2D eigenvalue weighted by molar-refractivity contribution is 7.92. The van der Waals surface area contributed by atoms with Gasteiger partial charge in [0.25, 0.3) is 5.91 Å². The van der Waals surface area contributed by atoms with Gasteiger partial charge in [0.1, 0.15) is 6.54 Å². The van der Waals surface area contributed by atoms with Gasteiger partial charge in [-0.15, -0.1) is 0 Å². The lowest BCUT2D eigenvalue weighted by atomic mass is 10.1. The predicted octanol–water partition coefficient (Wildman–Crippen LogP) is 4.93. The first-order valence-electron chi connectivity index (χ1n) is 10.4. The largest absolute Gasteiger partial charge is 0.318 e. The van der Waals surface area contributed by atoms with E-state index in [0.29, 0.717) is 0 Å². The van der Waals surface area contributed by atoms with E-state index in [1.165, 1.54) is 23.8 Å². The summed E-state index contributed by atoms with van der Waals surface area (Å²) < 4.78 is 27.6. The highest BCUT2D eigenvalue weighted by Gasteiger charge is 2.21. The molecular formula is C24H26Cl2N4O3S. The number of nitrogens with one attached hydrogen (secondary N) is 1. The Balaban J connectivity index is 1.78. The Labute approximate surface area is 210 Å². The van der Waals surface area contributed by atoms with E-state index in [1.807, 2.05) is 19.9 Å². The number of aryl methyl sites for hydroxylation is 3. The monoisotopic (exact) mass is 520 g/mol. The van der Waals surface area contributed by atoms with Gasteiger partial charge in [0.2, 0.25) is 10.0 Å². The number of aromatic nitrogens is 1. The molecule has 1 aromatic heterocycles. The van der Waals surface area contributed by atoms with E-state index < -0.39 is 22.5 Å². The normalized spacial score (nSPS) is 11.7. The van der Waals surface area contributed by atoms with Crippen LogP contribution in [0.2, 0.25) is 10.0 Å². The highest BCUT2D eigenvalue weighted by Crippen LogP contribution is 2.27. The van der Waals surface area contributed by atoms with Crippen molar-refractivity contribution in [2.75, 3.05) is 17.1 Å². The van der Waals surface area contributed by atoms with Crippen LogP contribution in [-0.4, -0.2) is 37.9 Å². The first kappa shape index (κ1) is 25.8. The van der Waals surface area contributed by atoms with E-state index in [2.05, 4.69) is 47.1 Å². The van der Waals surface area contributed by atoms with E-state index >= 15 is 0 Å². The Hall–Kier alpha value is -2.81. The maximum atomic E-state index is 12.5. The molecule has 0 unspecified atom stereocenters. The number of sulfonamides is 1. The van der Waals surface area contributed by atoms with Gasteiger partial charge in [-0.25, -0.2) is 13.8 Å². The lowest BCUT2D eigenvalue weighted by Gasteiger charge is -2.21. The lowest BCUT2D eigenvalue weighted by molar-refractivity contribution is -0.119. The lowest BCUT2D eigenvalue weighted by Crippen LogP contribution is -2.39. The van der Waals surface area contributed by atoms with Gasteiger partial charge in [-0.2, -0.15) is 5.10 Å². The van der Waals surface area contributed by atoms with Crippen molar-refractivity contribution in [3.05, 3.63) is 80.6 Å². The van der Waals surface area contributed by atoms with Crippen LogP contribution in [0, 0.1) is 27.7 Å². The maximum Gasteiger partial charge on any atom is 0.260 e. The molecule has 0 aliphatic heterocycles. The molecule has 3 aromatic rings. The van der Waals surface area contributed by atoms with Gasteiger partial charge in [-0.3, -0.25) is 9.10 Å². The SMILES string of the molecule is Cc1ccc(-n2c(C)cc(/C=N\NC(=O)CN(c3cc(Cl)cc(Cl)c3)S(C)(=O)=O)c2C)c(C)c1. The Morgan fingerprint density at radius 1 is 1.06 bits per heavy atom. The number of carbonyl (C=O) groups is 1. The molecule has 0 atom stereocenters. The third kappa shape index (κ3) is 6.00. The van der Waals surface area contributed by atoms with Crippen LogP contribution in [0.15, 0.2) is 47.6 Å². The Morgan fingerprint density at radius 2 is 1.71 bits per heavy atom. The molecule has 1 N–H and O–H groups in total. The van der Waals surface area contributed by atoms with Crippen molar-refractivity contribution in [3.8, 4) is 5.69 Å². The minimum atomic E-state index is -3.77. The van der Waals surface area contributed by atoms with E-state index in [4.69, 9.17) is 23.2 Å². The van der Waals surface area contributed by atoms with Crippen molar-refractivity contribution in [1.29, 1.82) is 0 Å². The molecule has 0 spiro atoms. The molecule has 0 fully saturated rings. The summed E-state index contributed by atoms with van der Waals surface area (Å²) in [4.78, 5) is 12.5. The van der Waals surface area contributed by atoms with Crippen LogP contribution in [-0.2, 0) is 14.8 Å². The van der Waals surface area contributed by atoms with Crippen molar-refractivity contribution in [2.24, 2.45) is 5.10 Å². The van der Waals surface area contributed by atoms with Gasteiger partial charge >= 0.3 is 0 Å². The second kappa shape index (κ2) is 10.2. The average molecular weight is 521 g/mol. The van der Waals surface area contributed by atoms with Gasteiger partial charge < -0.3 is 4.57 Å². The first-order chi connectivity index (χ1) is 15.9. The molecule has 10 heteroatoms. The van der Waals surface area contributed by atoms with Crippen molar-refractivity contribution < 1.29 is 13.2 Å². The second-order valence-electron chi connectivity index (χ2n) is 8.14. The van der Waals surface area contributed by atoms with Crippen molar-refractivity contribution in [2.45, 2.75) is 27.7 Å². The number of rotatable bonds is 7. The molecule has 1 amide bonds. The molecule has 0 radical (unpaired) electrons. The van der Waals surface area contributed by atoms with Crippen LogP contribution in [0.1, 0.15) is 28.1 Å². The number of anilines is 1. The summed E-state index contributed by atoms with van der Waals surface area (Å²) in [6.07, 6.45) is 2.54. The zero-order chi connectivity index (χ0) is 25.2. The van der Waals surface area contributed by atoms with Crippen molar-refractivity contribution in [1.82, 2.24) is 9.99 Å². The van der Waals surface area contributed by atoms with Crippen molar-refractivity contribution >= 4 is 51.0 Å². The summed E-state index contributed by atoms with van der Waals surface area (Å²) in [6.45, 7) is 7.62. The molecule has 0 saturated heterocycles. The summed E-state index contributed by atoms with van der Waals surface area (Å²) in [5.74, 6) is -0.610. The second-order valence-corrected chi connectivity index (χ2v) is 10.9. The zero-order valence-corrected chi connectivity index (χ0v) is 21.9. The topological polar surface area (TPSA) is 83.8 Å². The molecular weight excluding hydrogens is 495 g/mol. The van der Waals surface area contributed by atoms with Crippen molar-refractivity contribution in [3.63, 3.8) is 0 Å². The van der Waals surface area contributed by atoms with Crippen LogP contribution < -0.4 is 9.73 Å². The maximum absolute atomic E-state index is 12.5. The number of carbonyl (C=O) groups excluding carboxylic acids is 1. The van der Waals surface area contributed by atoms with Gasteiger partial charge in [0.05, 0.1) is 18.2 Å². The summed E-state index contributed by atoms with van der Waals surface area (Å²) in [5.41, 5.74) is 8.83. The molecule has 0 bridgehead atoms. The van der Waals surface area contributed by atoms with Crippen LogP contribution in [0.3, 0.4) is 0 Å². The fourth-order valence-corrected chi connectivity index (χ4v) is 5.12. The van der Waals surface area contributed by atoms with Gasteiger partial charge in [0.15, 0.2) is 0 Å². The molecule has 0 aliphatic rings. The average Bonchev–Trinajstić information content (AvgIpc) is 2.98. The summed E-state index contributed by atoms with van der Waals surface area (Å²) in [6, 6.07) is 12.6. The van der Waals surface area contributed by atoms with E-state index in [0.717, 1.165) is 38.8 Å². The molecule has 1 heterocycles. The Morgan fingerprint density at radius 3 is 2.29 bits per heavy atom. The van der Waals surface area contributed by atoms with Gasteiger partial charge in [0, 0.05) is 32.7 Å². The minimum Gasteiger partial charge on any atom is -0.318 e. The fourth-order valence-electron chi connectivity index (χ4n) is 3.77. The standard InChI is InChI=1S/C24H26Cl2N4O3S/c1-15-6-7-23(16(2)8-15)30-17(3)9-19(18(30)4)13-27-28-24(31)14-29(34(5,32)33)22-11-20(25)10-21(26)12-22/h6-13H,14H2,1-5H3,(H,28,31)/b27-13-. The number of amides is 1. The number of hydrogen-bond donors (Lipinski definition) is 1. The molecule has 34 heavy (non-hydrogen) atoms. The Bertz CT molecular complexity index is 1360. The molecule has 180 valence electrons. The number of nitrogens with zero attached hydrogens (tertiary/aromatic N) is 3. The fraction of sp³-hybridized carbons (Fsp3) is 0.250. The van der Waals surface area contributed by atoms with Gasteiger partial charge in [-0.05, 0) is 63.6 Å². The molecule has 3 rings (SSSR count). The number of halogens is 2. The Kier molecular flexibility index (Phi) is 7.75. The third-order valence-corrected chi connectivity index (χ3v) is 6.86. The van der Waals surface area contributed by atoms with E-state index in [1.54, 1.807) is 6.21 Å².